The first kappa shape index (κ1) is 85.7. The van der Waals surface area contributed by atoms with Crippen molar-refractivity contribution in [3.05, 3.63) is 310 Å². The molecule has 11 aromatic carbocycles. The van der Waals surface area contributed by atoms with Crippen molar-refractivity contribution in [2.45, 2.75) is 39.5 Å². The molecule has 11 heterocycles. The molecule has 14 nitrogen and oxygen atoms in total. The van der Waals surface area contributed by atoms with Gasteiger partial charge in [-0.05, 0) is 88.7 Å². The van der Waals surface area contributed by atoms with E-state index in [-0.39, 0.29) is 101 Å². The maximum atomic E-state index is 5.32. The second-order valence-electron chi connectivity index (χ2n) is 27.8. The number of hydrogen-bond donors (Lipinski definition) is 0. The Morgan fingerprint density at radius 3 is 1.05 bits per heavy atom. The summed E-state index contributed by atoms with van der Waals surface area (Å²) in [6, 6.07) is 86.7. The number of nitrogens with zero attached hydrogens (tertiary/aromatic N) is 13. The van der Waals surface area contributed by atoms with Gasteiger partial charge in [-0.15, -0.1) is 39.2 Å². The van der Waals surface area contributed by atoms with E-state index >= 15 is 0 Å². The van der Waals surface area contributed by atoms with Gasteiger partial charge in [0.2, 0.25) is 0 Å². The maximum Gasteiger partial charge on any atom is 0.123 e. The van der Waals surface area contributed by atoms with E-state index in [4.69, 9.17) is 9.13 Å². The fraction of sp³-hybridized carbons (Fsp3) is 0.122. The van der Waals surface area contributed by atoms with E-state index in [1.165, 1.54) is 166 Å². The van der Waals surface area contributed by atoms with Crippen LogP contribution in [0.4, 0.5) is 39.8 Å². The SMILES string of the molecule is CC(C)c1cccc(C(C)C)c1-c1ccc2c(c1)C1=NS[CH-]N1c1[c-]cccc1-2.CN(C)c1ccc2c(c1)-c1ccc[c-]c1N1[CH-]SN=C21.CN(C)c1ccc2c(c1)C1=NS[CH-]N1c1[c-]cccc1-2.COc1ccc2c(c1)C1=NS[CH-]N1c1[c-]cccc1-2.[Ir].[Ir].[Ir].[Ir].[Ir].[c-]1cccc2c1N1[CH-]SN=C1c1cc(-c3nccs3)ccc1-2. The molecule has 5 radical (unpaired) electrons. The molecule has 10 aliphatic heterocycles. The fourth-order valence-electron chi connectivity index (χ4n) is 15.0. The van der Waals surface area contributed by atoms with E-state index in [0.29, 0.717) is 11.8 Å². The number of rotatable bonds is 7. The molecule has 10 aliphatic rings. The third-order valence-electron chi connectivity index (χ3n) is 20.3. The summed E-state index contributed by atoms with van der Waals surface area (Å²) in [4.78, 5) is 19.3. The molecule has 25 heteroatoms. The van der Waals surface area contributed by atoms with E-state index < -0.39 is 0 Å². The molecule has 0 saturated carbocycles. The van der Waals surface area contributed by atoms with Gasteiger partial charge in [0.05, 0.1) is 7.11 Å². The Labute approximate surface area is 766 Å². The summed E-state index contributed by atoms with van der Waals surface area (Å²) in [6.45, 7) is 9.12. The number of ether oxygens (including phenoxy) is 1. The van der Waals surface area contributed by atoms with Crippen molar-refractivity contribution in [2.75, 3.05) is 69.6 Å². The summed E-state index contributed by atoms with van der Waals surface area (Å²) < 4.78 is 28.2. The predicted molar refractivity (Wildman–Crippen MR) is 468 cm³/mol. The molecule has 0 fully saturated rings. The molecule has 115 heavy (non-hydrogen) atoms. The van der Waals surface area contributed by atoms with Gasteiger partial charge in [0, 0.05) is 185 Å². The van der Waals surface area contributed by atoms with E-state index in [2.05, 4.69) is 282 Å². The second-order valence-corrected chi connectivity index (χ2v) is 31.7. The Bertz CT molecular complexity index is 5790. The normalized spacial score (nSPS) is 14.5. The van der Waals surface area contributed by atoms with Crippen LogP contribution in [0.15, 0.2) is 234 Å². The zero-order valence-electron chi connectivity index (χ0n) is 63.1. The van der Waals surface area contributed by atoms with E-state index in [1.807, 2.05) is 102 Å². The number of anilines is 7. The van der Waals surface area contributed by atoms with Crippen molar-refractivity contribution in [3.63, 3.8) is 0 Å². The second kappa shape index (κ2) is 37.0. The molecule has 0 amide bonds. The number of benzene rings is 11. The van der Waals surface area contributed by atoms with Crippen LogP contribution in [-0.2, 0) is 101 Å². The number of aromatic nitrogens is 1. The Morgan fingerprint density at radius 2 is 0.678 bits per heavy atom. The maximum absolute atomic E-state index is 5.32. The summed E-state index contributed by atoms with van der Waals surface area (Å²) >= 11 is 9.01. The Balaban J connectivity index is 0.000000125. The minimum atomic E-state index is 0. The molecule has 0 N–H and O–H groups in total. The largest absolute Gasteiger partial charge is 0.497 e. The number of thiazole rings is 1. The first-order valence-electron chi connectivity index (χ1n) is 35.9. The van der Waals surface area contributed by atoms with Crippen LogP contribution in [0.2, 0.25) is 0 Å². The third kappa shape index (κ3) is 16.1. The van der Waals surface area contributed by atoms with Crippen LogP contribution in [0, 0.1) is 59.7 Å². The molecule has 0 bridgehead atoms. The summed E-state index contributed by atoms with van der Waals surface area (Å²) in [5.41, 5.74) is 32.3. The topological polar surface area (TPSA) is 107 Å². The van der Waals surface area contributed by atoms with Gasteiger partial charge in [0.25, 0.3) is 0 Å². The predicted octanol–water partition coefficient (Wildman–Crippen LogP) is 22.7. The number of para-hydroxylation sites is 5. The van der Waals surface area contributed by atoms with Crippen LogP contribution in [0.25, 0.3) is 77.3 Å². The van der Waals surface area contributed by atoms with Crippen molar-refractivity contribution >= 4 is 140 Å². The standard InChI is InChI=1S/C26H24N2S.C17H9N3S2.2C16H13N3S.C15H10N2OS.5Ir/c1-16(2)19-9-7-10-20(17(3)4)25(19)18-12-13-21-22-8-5-6-11-24(22)28-15-29-27-26(28)23(21)14-18;1-2-4-15-13(3-1)12-6-5-11(17-18-7-8-21-17)9-14(12)16-19-22-10-20(15)16;1-18(2)11-7-8-12-13-5-3-4-6-15(13)19-10-20-17-16(19)14(12)9-11;1-18(2)11-7-8-13-14(9-11)12-5-3-4-6-15(12)19-10-20-17-16(13)19;1-18-10-6-7-11-12-4-2-3-5-14(12)17-9-19-16-15(17)13(11)8-10;;;;;/h5-10,12-17H,1-4H3;1-3,5-10H;2*3-5,7-10H,1-2H3;2-4,6-9H,1H3;;;;;/q5*-2;;;;;. The first-order chi connectivity index (χ1) is 53.9. The molecule has 0 saturated heterocycles. The first-order valence-corrected chi connectivity index (χ1v) is 40.9. The van der Waals surface area contributed by atoms with Crippen molar-refractivity contribution in [1.82, 2.24) is 4.98 Å². The van der Waals surface area contributed by atoms with Crippen LogP contribution in [0.1, 0.15) is 78.5 Å². The zero-order chi connectivity index (χ0) is 74.8. The monoisotopic (exact) mass is 2500 g/mol. The van der Waals surface area contributed by atoms with E-state index in [1.54, 1.807) is 18.4 Å². The number of amidine groups is 5. The molecule has 0 aliphatic carbocycles. The Hall–Kier alpha value is -7.20. The average Bonchev–Trinajstić information content (AvgIpc) is 1.77. The summed E-state index contributed by atoms with van der Waals surface area (Å²) in [5.74, 6) is 16.9. The van der Waals surface area contributed by atoms with Crippen LogP contribution < -0.4 is 39.0 Å². The van der Waals surface area contributed by atoms with Gasteiger partial charge in [-0.1, -0.05) is 139 Å². The Kier molecular flexibility index (Phi) is 27.5. The molecule has 0 atom stereocenters. The minimum absolute atomic E-state index is 0. The van der Waals surface area contributed by atoms with Crippen molar-refractivity contribution in [2.24, 2.45) is 22.0 Å². The van der Waals surface area contributed by atoms with Crippen molar-refractivity contribution in [1.29, 1.82) is 0 Å². The number of hydrogen-bond acceptors (Lipinski definition) is 20. The van der Waals surface area contributed by atoms with Crippen molar-refractivity contribution < 1.29 is 105 Å². The summed E-state index contributed by atoms with van der Waals surface area (Å²) in [6.07, 6.45) is 1.84. The van der Waals surface area contributed by atoms with Crippen molar-refractivity contribution in [3.8, 4) is 83.1 Å². The van der Waals surface area contributed by atoms with E-state index in [9.17, 15) is 0 Å². The van der Waals surface area contributed by atoms with E-state index in [0.717, 1.165) is 85.1 Å². The smallest absolute Gasteiger partial charge is 0.123 e. The van der Waals surface area contributed by atoms with Crippen LogP contribution in [0.5, 0.6) is 5.75 Å². The summed E-state index contributed by atoms with van der Waals surface area (Å²) in [7, 11) is 9.92. The van der Waals surface area contributed by atoms with Gasteiger partial charge >= 0.3 is 0 Å². The average molecular weight is 2500 g/mol. The molecule has 1 aromatic heterocycles. The molecule has 0 unspecified atom stereocenters. The summed E-state index contributed by atoms with van der Waals surface area (Å²) in [5, 5.41) is 3.04. The number of methoxy groups -OCH3 is 1. The van der Waals surface area contributed by atoms with Gasteiger partial charge < -0.3 is 39.0 Å². The van der Waals surface area contributed by atoms with Gasteiger partial charge in [-0.2, -0.15) is 210 Å². The molecule has 0 spiro atoms. The van der Waals surface area contributed by atoms with Crippen LogP contribution in [-0.4, -0.2) is 69.5 Å². The van der Waals surface area contributed by atoms with Gasteiger partial charge in [0.15, 0.2) is 0 Å². The van der Waals surface area contributed by atoms with Gasteiger partial charge in [0.1, 0.15) is 39.9 Å². The molecule has 12 aromatic rings. The molecular formula is C90H69Ir5N13OS6-10. The molecular weight excluding hydrogens is 2430 g/mol. The molecule has 591 valence electrons. The Morgan fingerprint density at radius 1 is 0.348 bits per heavy atom. The van der Waals surface area contributed by atoms with Gasteiger partial charge in [-0.25, -0.2) is 27.0 Å². The number of fused-ring (bicyclic) bond motifs is 30. The third-order valence-corrected chi connectivity index (χ3v) is 24.0. The van der Waals surface area contributed by atoms with Gasteiger partial charge in [-0.3, -0.25) is 0 Å². The minimum Gasteiger partial charge on any atom is -0.497 e. The quantitative estimate of drug-likeness (QED) is 0.112. The fourth-order valence-corrected chi connectivity index (χ4v) is 18.8. The zero-order valence-corrected chi connectivity index (χ0v) is 80.0. The van der Waals surface area contributed by atoms with Crippen LogP contribution in [0.3, 0.4) is 0 Å². The molecule has 22 rings (SSSR count). The van der Waals surface area contributed by atoms with Crippen LogP contribution >= 0.6 is 71.1 Å².